The van der Waals surface area contributed by atoms with E-state index in [0.29, 0.717) is 31.4 Å². The van der Waals surface area contributed by atoms with Crippen LogP contribution in [0.2, 0.25) is 0 Å². The van der Waals surface area contributed by atoms with Crippen LogP contribution in [0.4, 0.5) is 5.13 Å². The minimum absolute atomic E-state index is 0.0397. The average molecular weight is 409 g/mol. The summed E-state index contributed by atoms with van der Waals surface area (Å²) in [5, 5.41) is 9.98. The average Bonchev–Trinajstić information content (AvgIpc) is 3.23. The van der Waals surface area contributed by atoms with E-state index in [1.165, 1.54) is 16.0 Å². The van der Waals surface area contributed by atoms with Crippen LogP contribution < -0.4 is 11.0 Å². The highest BCUT2D eigenvalue weighted by Crippen LogP contribution is 2.26. The molecule has 0 aliphatic carbocycles. The molecule has 0 saturated carbocycles. The molecule has 28 heavy (non-hydrogen) atoms. The number of hydrogen-bond donors (Lipinski definition) is 1. The lowest BCUT2D eigenvalue weighted by Crippen LogP contribution is -2.39. The van der Waals surface area contributed by atoms with Crippen LogP contribution in [0.15, 0.2) is 10.2 Å². The Morgan fingerprint density at radius 3 is 2.75 bits per heavy atom. The molecule has 3 rings (SSSR count). The molecule has 0 bridgehead atoms. The van der Waals surface area contributed by atoms with Crippen molar-refractivity contribution in [3.63, 3.8) is 0 Å². The van der Waals surface area contributed by atoms with E-state index in [2.05, 4.69) is 20.3 Å². The Balaban J connectivity index is 1.56. The summed E-state index contributed by atoms with van der Waals surface area (Å²) in [6.45, 7) is 7.37. The second-order valence-electron chi connectivity index (χ2n) is 6.99. The number of carbonyl (C=O) groups excluding carboxylic acids is 1. The second kappa shape index (κ2) is 9.44. The maximum absolute atomic E-state index is 12.5. The topological polar surface area (TPSA) is 94.3 Å². The molecule has 10 heteroatoms. The quantitative estimate of drug-likeness (QED) is 0.707. The summed E-state index contributed by atoms with van der Waals surface area (Å²) in [5.41, 5.74) is 0.836. The number of anilines is 1. The van der Waals surface area contributed by atoms with Crippen LogP contribution in [-0.2, 0) is 22.6 Å². The van der Waals surface area contributed by atoms with Gasteiger partial charge in [0.1, 0.15) is 5.82 Å². The highest BCUT2D eigenvalue weighted by molar-refractivity contribution is 7.13. The Morgan fingerprint density at radius 2 is 2.14 bits per heavy atom. The number of likely N-dealkylation sites (tertiary alicyclic amines) is 1. The number of ether oxygens (including phenoxy) is 1. The van der Waals surface area contributed by atoms with Crippen LogP contribution in [0, 0.1) is 6.92 Å². The van der Waals surface area contributed by atoms with Crippen molar-refractivity contribution in [2.45, 2.75) is 45.7 Å². The predicted molar refractivity (Wildman–Crippen MR) is 108 cm³/mol. The molecular formula is C18H28N6O3S. The van der Waals surface area contributed by atoms with Gasteiger partial charge in [0, 0.05) is 25.0 Å². The molecule has 0 radical (unpaired) electrons. The van der Waals surface area contributed by atoms with Crippen LogP contribution in [0.25, 0.3) is 0 Å². The van der Waals surface area contributed by atoms with Crippen molar-refractivity contribution in [2.75, 3.05) is 38.7 Å². The summed E-state index contributed by atoms with van der Waals surface area (Å²) < 4.78 is 8.32. The number of carbonyl (C=O) groups is 1. The SMILES string of the molecule is CCn1c(C2CCN(CC(=O)Nc3nc(C)cs3)CC2)nn(CCOC)c1=O. The lowest BCUT2D eigenvalue weighted by Gasteiger charge is -2.30. The number of nitrogens with zero attached hydrogens (tertiary/aromatic N) is 5. The third kappa shape index (κ3) is 4.86. The third-order valence-electron chi connectivity index (χ3n) is 4.96. The van der Waals surface area contributed by atoms with Crippen LogP contribution in [0.3, 0.4) is 0 Å². The van der Waals surface area contributed by atoms with E-state index in [4.69, 9.17) is 4.74 Å². The molecule has 0 spiro atoms. The minimum Gasteiger partial charge on any atom is -0.383 e. The maximum atomic E-state index is 12.5. The van der Waals surface area contributed by atoms with Crippen molar-refractivity contribution in [1.82, 2.24) is 24.2 Å². The first-order valence-corrected chi connectivity index (χ1v) is 10.5. The maximum Gasteiger partial charge on any atom is 0.345 e. The predicted octanol–water partition coefficient (Wildman–Crippen LogP) is 1.29. The van der Waals surface area contributed by atoms with Gasteiger partial charge in [-0.25, -0.2) is 14.5 Å². The number of rotatable bonds is 8. The van der Waals surface area contributed by atoms with Crippen molar-refractivity contribution in [1.29, 1.82) is 0 Å². The van der Waals surface area contributed by atoms with E-state index in [-0.39, 0.29) is 17.5 Å². The van der Waals surface area contributed by atoms with Gasteiger partial charge in [-0.05, 0) is 39.8 Å². The number of hydrogen-bond acceptors (Lipinski definition) is 7. The fourth-order valence-electron chi connectivity index (χ4n) is 3.50. The molecule has 1 amide bonds. The van der Waals surface area contributed by atoms with Crippen LogP contribution >= 0.6 is 11.3 Å². The Kier molecular flexibility index (Phi) is 6.97. The van der Waals surface area contributed by atoms with Gasteiger partial charge in [-0.2, -0.15) is 5.10 Å². The zero-order valence-electron chi connectivity index (χ0n) is 16.7. The summed E-state index contributed by atoms with van der Waals surface area (Å²) in [6.07, 6.45) is 1.76. The number of aryl methyl sites for hydroxylation is 1. The largest absolute Gasteiger partial charge is 0.383 e. The van der Waals surface area contributed by atoms with Gasteiger partial charge in [-0.15, -0.1) is 11.3 Å². The van der Waals surface area contributed by atoms with Gasteiger partial charge in [-0.3, -0.25) is 14.3 Å². The van der Waals surface area contributed by atoms with Crippen molar-refractivity contribution in [3.8, 4) is 0 Å². The standard InChI is InChI=1S/C18H28N6O3S/c1-4-23-16(21-24(18(23)26)9-10-27-3)14-5-7-22(8-6-14)11-15(25)20-17-19-13(2)12-28-17/h12,14H,4-11H2,1-3H3,(H,19,20,25). The lowest BCUT2D eigenvalue weighted by atomic mass is 9.96. The zero-order valence-corrected chi connectivity index (χ0v) is 17.5. The van der Waals surface area contributed by atoms with Crippen molar-refractivity contribution in [2.24, 2.45) is 0 Å². The minimum atomic E-state index is -0.0740. The Morgan fingerprint density at radius 1 is 1.39 bits per heavy atom. The fourth-order valence-corrected chi connectivity index (χ4v) is 4.21. The Labute approximate surface area is 168 Å². The van der Waals surface area contributed by atoms with Crippen LogP contribution in [0.5, 0.6) is 0 Å². The van der Waals surface area contributed by atoms with Gasteiger partial charge >= 0.3 is 5.69 Å². The summed E-state index contributed by atoms with van der Waals surface area (Å²) in [4.78, 5) is 31.1. The molecule has 0 unspecified atom stereocenters. The number of nitrogens with one attached hydrogen (secondary N) is 1. The van der Waals surface area contributed by atoms with Crippen molar-refractivity contribution < 1.29 is 9.53 Å². The molecule has 2 aromatic rings. The van der Waals surface area contributed by atoms with Crippen molar-refractivity contribution >= 4 is 22.4 Å². The molecule has 2 aromatic heterocycles. The monoisotopic (exact) mass is 408 g/mol. The first-order chi connectivity index (χ1) is 13.5. The van der Waals surface area contributed by atoms with E-state index >= 15 is 0 Å². The van der Waals surface area contributed by atoms with Crippen molar-refractivity contribution in [3.05, 3.63) is 27.4 Å². The van der Waals surface area contributed by atoms with E-state index in [0.717, 1.165) is 37.4 Å². The van der Waals surface area contributed by atoms with Gasteiger partial charge in [-0.1, -0.05) is 0 Å². The highest BCUT2D eigenvalue weighted by atomic mass is 32.1. The molecule has 1 fully saturated rings. The number of amides is 1. The number of aromatic nitrogens is 4. The molecule has 1 aliphatic rings. The molecule has 1 saturated heterocycles. The van der Waals surface area contributed by atoms with E-state index in [9.17, 15) is 9.59 Å². The molecule has 0 atom stereocenters. The smallest absolute Gasteiger partial charge is 0.345 e. The molecule has 9 nitrogen and oxygen atoms in total. The number of thiazole rings is 1. The number of piperidine rings is 1. The summed E-state index contributed by atoms with van der Waals surface area (Å²) in [5.74, 6) is 1.05. The van der Waals surface area contributed by atoms with Gasteiger partial charge in [0.15, 0.2) is 5.13 Å². The fraction of sp³-hybridized carbons (Fsp3) is 0.667. The van der Waals surface area contributed by atoms with Crippen LogP contribution in [-0.4, -0.2) is 63.5 Å². The second-order valence-corrected chi connectivity index (χ2v) is 7.85. The lowest BCUT2D eigenvalue weighted by molar-refractivity contribution is -0.117. The first-order valence-electron chi connectivity index (χ1n) is 9.62. The highest BCUT2D eigenvalue weighted by Gasteiger charge is 2.27. The van der Waals surface area contributed by atoms with Gasteiger partial charge in [0.05, 0.1) is 25.4 Å². The number of methoxy groups -OCH3 is 1. The Hall–Kier alpha value is -2.04. The normalized spacial score (nSPS) is 15.8. The molecule has 3 heterocycles. The molecular weight excluding hydrogens is 380 g/mol. The van der Waals surface area contributed by atoms with E-state index in [1.807, 2.05) is 19.2 Å². The molecule has 154 valence electrons. The third-order valence-corrected chi connectivity index (χ3v) is 5.84. The van der Waals surface area contributed by atoms with Gasteiger partial charge < -0.3 is 10.1 Å². The van der Waals surface area contributed by atoms with E-state index in [1.54, 1.807) is 11.7 Å². The Bertz CT molecular complexity index is 850. The molecule has 1 aliphatic heterocycles. The van der Waals surface area contributed by atoms with Gasteiger partial charge in [0.2, 0.25) is 5.91 Å². The van der Waals surface area contributed by atoms with Crippen LogP contribution in [0.1, 0.15) is 37.2 Å². The zero-order chi connectivity index (χ0) is 20.1. The summed E-state index contributed by atoms with van der Waals surface area (Å²) >= 11 is 1.44. The van der Waals surface area contributed by atoms with E-state index < -0.39 is 0 Å². The summed E-state index contributed by atoms with van der Waals surface area (Å²) in [6, 6.07) is 0. The molecule has 0 aromatic carbocycles. The van der Waals surface area contributed by atoms with Gasteiger partial charge in [0.25, 0.3) is 0 Å². The summed E-state index contributed by atoms with van der Waals surface area (Å²) in [7, 11) is 1.62. The molecule has 1 N–H and O–H groups in total. The first kappa shape index (κ1) is 20.7.